The van der Waals surface area contributed by atoms with Crippen LogP contribution in [0.2, 0.25) is 0 Å². The number of nitrogens with one attached hydrogen (secondary N) is 2. The fourth-order valence-electron chi connectivity index (χ4n) is 5.11. The van der Waals surface area contributed by atoms with Crippen molar-refractivity contribution in [3.63, 3.8) is 0 Å². The second-order valence-corrected chi connectivity index (χ2v) is 11.5. The van der Waals surface area contributed by atoms with Gasteiger partial charge in [-0.3, -0.25) is 14.4 Å². The van der Waals surface area contributed by atoms with E-state index >= 15 is 0 Å². The van der Waals surface area contributed by atoms with Gasteiger partial charge < -0.3 is 29.9 Å². The van der Waals surface area contributed by atoms with E-state index < -0.39 is 17.1 Å². The first-order chi connectivity index (χ1) is 18.0. The van der Waals surface area contributed by atoms with Gasteiger partial charge in [-0.1, -0.05) is 0 Å². The average Bonchev–Trinajstić information content (AvgIpc) is 3.71. The van der Waals surface area contributed by atoms with Gasteiger partial charge in [0, 0.05) is 45.1 Å². The number of nitriles is 1. The highest BCUT2D eigenvalue weighted by atomic mass is 16.5. The molecule has 1 saturated carbocycles. The van der Waals surface area contributed by atoms with Gasteiger partial charge in [0.2, 0.25) is 11.8 Å². The molecule has 10 heteroatoms. The van der Waals surface area contributed by atoms with E-state index in [0.717, 1.165) is 18.5 Å². The lowest BCUT2D eigenvalue weighted by Gasteiger charge is -2.40. The summed E-state index contributed by atoms with van der Waals surface area (Å²) >= 11 is 0. The topological polar surface area (TPSA) is 124 Å². The number of benzene rings is 1. The number of hydrogen-bond acceptors (Lipinski definition) is 7. The molecule has 2 fully saturated rings. The Balaban J connectivity index is 1.57. The summed E-state index contributed by atoms with van der Waals surface area (Å²) < 4.78 is 11.2. The van der Waals surface area contributed by atoms with E-state index in [4.69, 9.17) is 9.47 Å². The number of methoxy groups -OCH3 is 1. The molecule has 206 valence electrons. The third kappa shape index (κ3) is 5.94. The van der Waals surface area contributed by atoms with Crippen LogP contribution in [0.3, 0.4) is 0 Å². The molecule has 10 nitrogen and oxygen atoms in total. The Morgan fingerprint density at radius 2 is 2.00 bits per heavy atom. The summed E-state index contributed by atoms with van der Waals surface area (Å²) in [5.41, 5.74) is -0.585. The largest absolute Gasteiger partial charge is 0.476 e. The number of piperidine rings is 1. The molecule has 2 heterocycles. The monoisotopic (exact) mass is 525 g/mol. The van der Waals surface area contributed by atoms with Crippen LogP contribution in [0.25, 0.3) is 0 Å². The molecular weight excluding hydrogens is 486 g/mol. The summed E-state index contributed by atoms with van der Waals surface area (Å²) in [6.07, 6.45) is 2.89. The van der Waals surface area contributed by atoms with Crippen LogP contribution in [0.15, 0.2) is 18.2 Å². The number of carbonyl (C=O) groups is 3. The van der Waals surface area contributed by atoms with Gasteiger partial charge in [-0.2, -0.15) is 5.26 Å². The third-order valence-electron chi connectivity index (χ3n) is 7.30. The lowest BCUT2D eigenvalue weighted by molar-refractivity contribution is -0.132. The first kappa shape index (κ1) is 27.9. The maximum Gasteiger partial charge on any atom is 0.270 e. The molecule has 3 amide bonds. The van der Waals surface area contributed by atoms with E-state index in [-0.39, 0.29) is 29.7 Å². The van der Waals surface area contributed by atoms with Crippen molar-refractivity contribution in [2.75, 3.05) is 43.2 Å². The van der Waals surface area contributed by atoms with Crippen molar-refractivity contribution in [1.29, 1.82) is 5.26 Å². The predicted molar refractivity (Wildman–Crippen MR) is 143 cm³/mol. The van der Waals surface area contributed by atoms with E-state index in [1.165, 1.54) is 0 Å². The normalized spacial score (nSPS) is 22.6. The third-order valence-corrected chi connectivity index (χ3v) is 7.30. The Bertz CT molecular complexity index is 1120. The molecule has 2 aliphatic heterocycles. The fraction of sp³-hybridized carbons (Fsp3) is 0.643. The van der Waals surface area contributed by atoms with Gasteiger partial charge in [-0.25, -0.2) is 0 Å². The summed E-state index contributed by atoms with van der Waals surface area (Å²) in [4.78, 5) is 43.5. The number of rotatable bonds is 9. The first-order valence-electron chi connectivity index (χ1n) is 13.4. The molecule has 1 aromatic carbocycles. The van der Waals surface area contributed by atoms with E-state index in [1.54, 1.807) is 39.7 Å². The lowest BCUT2D eigenvalue weighted by atomic mass is 9.88. The molecule has 1 aromatic rings. The summed E-state index contributed by atoms with van der Waals surface area (Å²) in [5.74, 6) is -0.566. The number of ether oxygens (including phenoxy) is 2. The summed E-state index contributed by atoms with van der Waals surface area (Å²) in [6.45, 7) is 8.79. The Morgan fingerprint density at radius 1 is 1.29 bits per heavy atom. The molecule has 0 aromatic heterocycles. The molecule has 0 unspecified atom stereocenters. The number of amides is 3. The fourth-order valence-corrected chi connectivity index (χ4v) is 5.11. The van der Waals surface area contributed by atoms with Crippen molar-refractivity contribution in [3.05, 3.63) is 18.2 Å². The van der Waals surface area contributed by atoms with Crippen molar-refractivity contribution >= 4 is 29.1 Å². The second kappa shape index (κ2) is 10.9. The van der Waals surface area contributed by atoms with E-state index in [2.05, 4.69) is 16.7 Å². The highest BCUT2D eigenvalue weighted by Crippen LogP contribution is 2.43. The van der Waals surface area contributed by atoms with Gasteiger partial charge in [0.1, 0.15) is 11.3 Å². The van der Waals surface area contributed by atoms with Crippen LogP contribution in [-0.2, 0) is 19.1 Å². The van der Waals surface area contributed by atoms with Gasteiger partial charge in [-0.15, -0.1) is 0 Å². The Kier molecular flexibility index (Phi) is 8.00. The van der Waals surface area contributed by atoms with E-state index in [0.29, 0.717) is 50.5 Å². The van der Waals surface area contributed by atoms with Crippen LogP contribution >= 0.6 is 0 Å². The van der Waals surface area contributed by atoms with Crippen molar-refractivity contribution in [1.82, 2.24) is 10.6 Å². The molecule has 0 bridgehead atoms. The smallest absolute Gasteiger partial charge is 0.270 e. The molecule has 3 aliphatic rings. The predicted octanol–water partition coefficient (Wildman–Crippen LogP) is 2.37. The number of fused-ring (bicyclic) bond motifs is 1. The molecular formula is C28H39N5O5. The van der Waals surface area contributed by atoms with Gasteiger partial charge in [0.05, 0.1) is 23.6 Å². The number of carbonyl (C=O) groups excluding carboxylic acids is 3. The van der Waals surface area contributed by atoms with Crippen molar-refractivity contribution in [2.24, 2.45) is 11.8 Å². The van der Waals surface area contributed by atoms with Crippen LogP contribution in [0.4, 0.5) is 11.4 Å². The molecule has 0 radical (unpaired) electrons. The van der Waals surface area contributed by atoms with Crippen molar-refractivity contribution < 1.29 is 23.9 Å². The van der Waals surface area contributed by atoms with Crippen LogP contribution in [0, 0.1) is 23.2 Å². The van der Waals surface area contributed by atoms with Crippen LogP contribution in [-0.4, -0.2) is 68.3 Å². The van der Waals surface area contributed by atoms with Gasteiger partial charge in [0.15, 0.2) is 5.60 Å². The number of nitrogens with zero attached hydrogens (tertiary/aromatic N) is 3. The minimum absolute atomic E-state index is 0.0358. The second-order valence-electron chi connectivity index (χ2n) is 11.5. The molecule has 1 aliphatic carbocycles. The lowest BCUT2D eigenvalue weighted by Crippen LogP contribution is -2.53. The quantitative estimate of drug-likeness (QED) is 0.475. The SMILES string of the molecule is COCCCN1C(=O)C(C)(C)Oc2ccc(N(C(=O)[C@H]3CNC[C@@H](C(=O)NC(C)(C)C#N)C3)C3CC3)cc21. The molecule has 2 atom stereocenters. The molecule has 0 spiro atoms. The summed E-state index contributed by atoms with van der Waals surface area (Å²) in [6, 6.07) is 7.77. The van der Waals surface area contributed by atoms with Crippen molar-refractivity contribution in [2.45, 2.75) is 70.6 Å². The van der Waals surface area contributed by atoms with Crippen LogP contribution in [0.1, 0.15) is 53.4 Å². The molecule has 4 rings (SSSR count). The number of anilines is 2. The highest BCUT2D eigenvalue weighted by molar-refractivity contribution is 6.04. The maximum atomic E-state index is 13.9. The zero-order valence-electron chi connectivity index (χ0n) is 23.0. The summed E-state index contributed by atoms with van der Waals surface area (Å²) in [5, 5.41) is 15.3. The zero-order valence-corrected chi connectivity index (χ0v) is 23.0. The van der Waals surface area contributed by atoms with E-state index in [9.17, 15) is 19.6 Å². The first-order valence-corrected chi connectivity index (χ1v) is 13.4. The average molecular weight is 526 g/mol. The van der Waals surface area contributed by atoms with E-state index in [1.807, 2.05) is 23.1 Å². The Morgan fingerprint density at radius 3 is 2.66 bits per heavy atom. The summed E-state index contributed by atoms with van der Waals surface area (Å²) in [7, 11) is 1.63. The molecule has 2 N–H and O–H groups in total. The minimum Gasteiger partial charge on any atom is -0.476 e. The number of hydrogen-bond donors (Lipinski definition) is 2. The van der Waals surface area contributed by atoms with Gasteiger partial charge in [0.25, 0.3) is 5.91 Å². The van der Waals surface area contributed by atoms with Crippen LogP contribution in [0.5, 0.6) is 5.75 Å². The maximum absolute atomic E-state index is 13.9. The standard InChI is InChI=1S/C28H39N5O5/c1-27(2,17-29)31-24(34)18-13-19(16-30-15-18)25(35)33(20-7-8-20)21-9-10-23-22(14-21)32(11-6-12-37-5)26(36)28(3,4)38-23/h9-10,14,18-20,30H,6-8,11-13,15-16H2,1-5H3,(H,31,34)/t18-,19+/m0/s1. The van der Waals surface area contributed by atoms with Gasteiger partial charge >= 0.3 is 0 Å². The minimum atomic E-state index is -0.989. The molecule has 38 heavy (non-hydrogen) atoms. The van der Waals surface area contributed by atoms with Crippen LogP contribution < -0.4 is 25.2 Å². The zero-order chi connectivity index (χ0) is 27.7. The van der Waals surface area contributed by atoms with Gasteiger partial charge in [-0.05, 0) is 71.6 Å². The Hall–Kier alpha value is -3.16. The molecule has 1 saturated heterocycles. The van der Waals surface area contributed by atoms with Crippen molar-refractivity contribution in [3.8, 4) is 11.8 Å². The Labute approximate surface area is 224 Å². The highest BCUT2D eigenvalue weighted by Gasteiger charge is 2.43.